The van der Waals surface area contributed by atoms with Crippen LogP contribution in [0.25, 0.3) is 11.2 Å². The zero-order valence-corrected chi connectivity index (χ0v) is 17.9. The van der Waals surface area contributed by atoms with Gasteiger partial charge in [0.15, 0.2) is 17.7 Å². The number of imidazole rings is 1. The lowest BCUT2D eigenvalue weighted by molar-refractivity contribution is -0.142. The number of hydrogen-bond acceptors (Lipinski definition) is 6. The van der Waals surface area contributed by atoms with Crippen LogP contribution in [0.4, 0.5) is 0 Å². The van der Waals surface area contributed by atoms with Gasteiger partial charge in [0, 0.05) is 11.5 Å². The van der Waals surface area contributed by atoms with Gasteiger partial charge in [0.05, 0.1) is 13.2 Å². The van der Waals surface area contributed by atoms with Crippen LogP contribution in [-0.4, -0.2) is 36.9 Å². The van der Waals surface area contributed by atoms with E-state index in [9.17, 15) is 14.4 Å². The number of carbonyl (C=O) groups is 1. The van der Waals surface area contributed by atoms with Gasteiger partial charge in [-0.1, -0.05) is 39.8 Å². The first-order valence-corrected chi connectivity index (χ1v) is 10.2. The van der Waals surface area contributed by atoms with E-state index in [1.807, 2.05) is 24.3 Å². The highest BCUT2D eigenvalue weighted by Gasteiger charge is 2.23. The van der Waals surface area contributed by atoms with Gasteiger partial charge in [-0.3, -0.25) is 19.1 Å². The fourth-order valence-electron chi connectivity index (χ4n) is 2.69. The highest BCUT2D eigenvalue weighted by Crippen LogP contribution is 2.27. The van der Waals surface area contributed by atoms with Crippen LogP contribution in [0.3, 0.4) is 0 Å². The van der Waals surface area contributed by atoms with Crippen molar-refractivity contribution in [3.05, 3.63) is 55.1 Å². The largest absolute Gasteiger partial charge is 0.465 e. The minimum Gasteiger partial charge on any atom is -0.465 e. The lowest BCUT2D eigenvalue weighted by atomic mass is 10.2. The van der Waals surface area contributed by atoms with Crippen molar-refractivity contribution >= 4 is 44.8 Å². The molecule has 2 heterocycles. The third-order valence-corrected chi connectivity index (χ3v) is 5.61. The average molecular weight is 468 g/mol. The number of thioether (sulfide) groups is 1. The molecule has 0 fully saturated rings. The van der Waals surface area contributed by atoms with Crippen LogP contribution in [0.5, 0.6) is 0 Å². The summed E-state index contributed by atoms with van der Waals surface area (Å²) < 4.78 is 16.5. The maximum absolute atomic E-state index is 12.7. The molecule has 1 aromatic carbocycles. The molecule has 0 saturated heterocycles. The number of hydrogen-bond donors (Lipinski definition) is 1. The fraction of sp³-hybridized carbons (Fsp3) is 0.333. The molecule has 1 atom stereocenters. The Morgan fingerprint density at radius 2 is 2.21 bits per heavy atom. The monoisotopic (exact) mass is 467 g/mol. The maximum Gasteiger partial charge on any atom is 0.329 e. The third-order valence-electron chi connectivity index (χ3n) is 4.05. The first-order valence-electron chi connectivity index (χ1n) is 8.98. The predicted molar refractivity (Wildman–Crippen MR) is 111 cm³/mol. The topological polar surface area (TPSA) is 99.0 Å². The molecular weight excluding hydrogens is 448 g/mol. The van der Waals surface area contributed by atoms with Crippen molar-refractivity contribution in [2.45, 2.75) is 30.8 Å². The molecule has 0 aliphatic rings. The van der Waals surface area contributed by atoms with Crippen molar-refractivity contribution in [2.75, 3.05) is 6.61 Å². The Kier molecular flexibility index (Phi) is 5.67. The van der Waals surface area contributed by atoms with Gasteiger partial charge in [0.25, 0.3) is 5.56 Å². The van der Waals surface area contributed by atoms with E-state index in [-0.39, 0.29) is 24.3 Å². The van der Waals surface area contributed by atoms with Crippen LogP contribution in [0, 0.1) is 0 Å². The van der Waals surface area contributed by atoms with Gasteiger partial charge in [-0.25, -0.2) is 9.78 Å². The summed E-state index contributed by atoms with van der Waals surface area (Å²) in [7, 11) is 1.45. The minimum atomic E-state index is -0.787. The first kappa shape index (κ1) is 19.0. The highest BCUT2D eigenvalue weighted by molar-refractivity contribution is 9.10. The number of carbonyl (C=O) groups excluding carboxylic acids is 1. The number of benzene rings is 1. The van der Waals surface area contributed by atoms with Crippen LogP contribution >= 0.6 is 27.7 Å². The second-order valence-corrected chi connectivity index (χ2v) is 8.28. The Morgan fingerprint density at radius 3 is 2.89 bits per heavy atom. The Morgan fingerprint density at radius 1 is 1.46 bits per heavy atom. The number of H-pyrrole nitrogens is 1. The lowest BCUT2D eigenvalue weighted by Crippen LogP contribution is -2.29. The van der Waals surface area contributed by atoms with Crippen molar-refractivity contribution in [3.63, 3.8) is 0 Å². The number of fused-ring (bicyclic) bond motifs is 1. The summed E-state index contributed by atoms with van der Waals surface area (Å²) in [4.78, 5) is 41.7. The first-order chi connectivity index (χ1) is 13.7. The number of esters is 1. The second-order valence-electron chi connectivity index (χ2n) is 6.05. The molecule has 0 bridgehead atoms. The van der Waals surface area contributed by atoms with Crippen molar-refractivity contribution in [2.24, 2.45) is 7.05 Å². The number of nitrogens with zero attached hydrogens (tertiary/aromatic N) is 3. The molecule has 2 aromatic heterocycles. The van der Waals surface area contributed by atoms with Crippen LogP contribution in [0.1, 0.15) is 19.4 Å². The minimum absolute atomic E-state index is 0.126. The summed E-state index contributed by atoms with van der Waals surface area (Å²) >= 11 is 4.56. The number of halogens is 1. The van der Waals surface area contributed by atoms with E-state index in [1.54, 1.807) is 18.4 Å². The van der Waals surface area contributed by atoms with Gasteiger partial charge in [0.2, 0.25) is 0 Å². The van der Waals surface area contributed by atoms with Crippen molar-refractivity contribution in [3.8, 4) is 0 Å². The number of aromatic nitrogens is 4. The maximum atomic E-state index is 12.7. The summed E-state index contributed by atoms with van der Waals surface area (Å²) in [5.41, 5.74) is -0.377. The zero-order chi connectivity index (χ0) is 21.3. The molecule has 0 amide bonds. The fourth-order valence-corrected chi connectivity index (χ4v) is 4.04. The van der Waals surface area contributed by atoms with Gasteiger partial charge in [-0.2, -0.15) is 0 Å². The Bertz CT molecular complexity index is 1200. The molecule has 148 valence electrons. The molecule has 0 aliphatic heterocycles. The molecule has 28 heavy (non-hydrogen) atoms. The van der Waals surface area contributed by atoms with Gasteiger partial charge >= 0.3 is 11.7 Å². The molecule has 0 aliphatic carbocycles. The van der Waals surface area contributed by atoms with Crippen LogP contribution in [0.2, 0.25) is 1.41 Å². The molecule has 8 nitrogen and oxygen atoms in total. The van der Waals surface area contributed by atoms with E-state index in [0.29, 0.717) is 10.1 Å². The standard InChI is InChI=1S/C18H19BrN4O4S/c1-4-27-16(25)10(2)28-18-20-14-13(15(24)21-17(26)22(14)3)23(18)9-11-6-5-7-12(19)8-11/h5-8,10H,4,9H2,1-3H3,(H,21,24,26)/i/hD. The van der Waals surface area contributed by atoms with Gasteiger partial charge in [-0.05, 0) is 31.5 Å². The van der Waals surface area contributed by atoms with E-state index in [4.69, 9.17) is 6.15 Å². The predicted octanol–water partition coefficient (Wildman–Crippen LogP) is 2.28. The van der Waals surface area contributed by atoms with Gasteiger partial charge in [-0.15, -0.1) is 0 Å². The summed E-state index contributed by atoms with van der Waals surface area (Å²) in [6.07, 6.45) is 0. The van der Waals surface area contributed by atoms with Crippen LogP contribution in [0.15, 0.2) is 43.5 Å². The third kappa shape index (κ3) is 4.07. The molecule has 0 saturated carbocycles. The van der Waals surface area contributed by atoms with E-state index in [0.717, 1.165) is 26.4 Å². The number of aromatic amines is 1. The Balaban J connectivity index is 2.20. The van der Waals surface area contributed by atoms with Crippen molar-refractivity contribution in [1.29, 1.82) is 0 Å². The second kappa shape index (κ2) is 8.36. The van der Waals surface area contributed by atoms with E-state index < -0.39 is 22.5 Å². The normalized spacial score (nSPS) is 12.8. The molecule has 0 spiro atoms. The summed E-state index contributed by atoms with van der Waals surface area (Å²) in [6.45, 7) is 3.95. The van der Waals surface area contributed by atoms with E-state index >= 15 is 0 Å². The summed E-state index contributed by atoms with van der Waals surface area (Å²) in [5.74, 6) is -0.398. The van der Waals surface area contributed by atoms with Gasteiger partial charge in [0.1, 0.15) is 5.25 Å². The quantitative estimate of drug-likeness (QED) is 0.440. The Hall–Kier alpha value is -2.33. The average Bonchev–Trinajstić information content (AvgIpc) is 3.03. The summed E-state index contributed by atoms with van der Waals surface area (Å²) in [5, 5.41) is -0.179. The molecule has 3 rings (SSSR count). The molecule has 3 aromatic rings. The molecule has 0 radical (unpaired) electrons. The van der Waals surface area contributed by atoms with Crippen molar-refractivity contribution < 1.29 is 10.9 Å². The zero-order valence-electron chi connectivity index (χ0n) is 16.5. The SMILES string of the molecule is [2H]n1c(=O)c2c(nc(SC(C)C(=O)OCC)n2Cc2cccc(Br)c2)n(C)c1=O. The molecule has 1 N–H and O–H groups in total. The van der Waals surface area contributed by atoms with E-state index in [2.05, 4.69) is 20.9 Å². The summed E-state index contributed by atoms with van der Waals surface area (Å²) in [6, 6.07) is 7.54. The lowest BCUT2D eigenvalue weighted by Gasteiger charge is -2.12. The van der Waals surface area contributed by atoms with E-state index in [1.165, 1.54) is 7.05 Å². The number of ether oxygens (including phenoxy) is 1. The van der Waals surface area contributed by atoms with Gasteiger partial charge < -0.3 is 9.30 Å². The highest BCUT2D eigenvalue weighted by atomic mass is 79.9. The Labute approximate surface area is 174 Å². The molecule has 1 unspecified atom stereocenters. The van der Waals surface area contributed by atoms with Crippen LogP contribution < -0.4 is 11.2 Å². The van der Waals surface area contributed by atoms with Crippen molar-refractivity contribution in [1.82, 2.24) is 19.1 Å². The van der Waals surface area contributed by atoms with Crippen LogP contribution in [-0.2, 0) is 23.1 Å². The molecular formula is C18H19BrN4O4S. The number of rotatable bonds is 6. The number of nitrogens with one attached hydrogen (secondary N) is 1. The number of aryl methyl sites for hydroxylation is 1. The smallest absolute Gasteiger partial charge is 0.329 e. The molecule has 10 heteroatoms.